The Balaban J connectivity index is 1.28. The van der Waals surface area contributed by atoms with Crippen LogP contribution in [0.15, 0.2) is 36.5 Å². The third kappa shape index (κ3) is 5.85. The molecule has 0 saturated carbocycles. The van der Waals surface area contributed by atoms with Gasteiger partial charge in [-0.1, -0.05) is 6.07 Å². The molecule has 1 aromatic heterocycles. The van der Waals surface area contributed by atoms with E-state index in [4.69, 9.17) is 14.2 Å². The molecule has 1 aromatic carbocycles. The highest BCUT2D eigenvalue weighted by atomic mass is 16.5. The maximum absolute atomic E-state index is 12.8. The first kappa shape index (κ1) is 23.1. The Hall–Kier alpha value is -3.04. The van der Waals surface area contributed by atoms with E-state index in [0.29, 0.717) is 32.8 Å². The Morgan fingerprint density at radius 1 is 1.03 bits per heavy atom. The molecule has 2 amide bonds. The van der Waals surface area contributed by atoms with Crippen LogP contribution in [0.2, 0.25) is 0 Å². The Kier molecular flexibility index (Phi) is 7.85. The van der Waals surface area contributed by atoms with E-state index in [1.807, 2.05) is 35.2 Å². The van der Waals surface area contributed by atoms with Crippen molar-refractivity contribution in [2.24, 2.45) is 0 Å². The van der Waals surface area contributed by atoms with Crippen LogP contribution >= 0.6 is 0 Å². The second-order valence-corrected chi connectivity index (χ2v) is 8.19. The molecule has 0 atom stereocenters. The summed E-state index contributed by atoms with van der Waals surface area (Å²) in [6.45, 7) is 7.23. The predicted molar refractivity (Wildman–Crippen MR) is 126 cm³/mol. The fraction of sp³-hybridized carbons (Fsp3) is 0.500. The molecule has 2 aromatic rings. The van der Waals surface area contributed by atoms with Crippen molar-refractivity contribution in [1.82, 2.24) is 20.1 Å². The quantitative estimate of drug-likeness (QED) is 0.684. The third-order valence-corrected chi connectivity index (χ3v) is 6.15. The molecule has 178 valence electrons. The maximum atomic E-state index is 12.8. The zero-order chi connectivity index (χ0) is 23.0. The van der Waals surface area contributed by atoms with Crippen LogP contribution < -0.4 is 19.7 Å². The number of anilines is 1. The summed E-state index contributed by atoms with van der Waals surface area (Å²) in [7, 11) is 3.35. The lowest BCUT2D eigenvalue weighted by atomic mass is 10.1. The highest BCUT2D eigenvalue weighted by Gasteiger charge is 2.23. The number of benzene rings is 1. The van der Waals surface area contributed by atoms with Gasteiger partial charge in [0.1, 0.15) is 17.3 Å². The highest BCUT2D eigenvalue weighted by Crippen LogP contribution is 2.25. The number of aromatic nitrogens is 1. The zero-order valence-electron chi connectivity index (χ0n) is 19.5. The largest absolute Gasteiger partial charge is 0.497 e. The number of methoxy groups -OCH3 is 2. The smallest absolute Gasteiger partial charge is 0.317 e. The molecule has 2 aliphatic rings. The van der Waals surface area contributed by atoms with E-state index < -0.39 is 0 Å². The summed E-state index contributed by atoms with van der Waals surface area (Å²) in [6.07, 6.45) is 1.80. The second-order valence-electron chi connectivity index (χ2n) is 8.19. The van der Waals surface area contributed by atoms with Crippen molar-refractivity contribution in [2.75, 3.05) is 71.6 Å². The molecule has 0 aliphatic carbocycles. The van der Waals surface area contributed by atoms with Crippen molar-refractivity contribution in [1.29, 1.82) is 0 Å². The number of hydrogen-bond donors (Lipinski definition) is 1. The number of morpholine rings is 1. The summed E-state index contributed by atoms with van der Waals surface area (Å²) in [6, 6.07) is 9.75. The van der Waals surface area contributed by atoms with Gasteiger partial charge >= 0.3 is 6.03 Å². The monoisotopic (exact) mass is 455 g/mol. The van der Waals surface area contributed by atoms with Crippen LogP contribution in [0.4, 0.5) is 10.6 Å². The van der Waals surface area contributed by atoms with Crippen LogP contribution in [-0.2, 0) is 17.8 Å². The Labute approximate surface area is 195 Å². The van der Waals surface area contributed by atoms with Crippen LogP contribution in [0, 0.1) is 0 Å². The van der Waals surface area contributed by atoms with Crippen molar-refractivity contribution < 1.29 is 19.0 Å². The molecular formula is C24H33N5O4. The summed E-state index contributed by atoms with van der Waals surface area (Å²) < 4.78 is 16.3. The van der Waals surface area contributed by atoms with Gasteiger partial charge < -0.3 is 29.3 Å². The molecule has 2 aliphatic heterocycles. The van der Waals surface area contributed by atoms with Gasteiger partial charge in [0.2, 0.25) is 0 Å². The number of nitrogens with zero attached hydrogens (tertiary/aromatic N) is 4. The predicted octanol–water partition coefficient (Wildman–Crippen LogP) is 1.96. The van der Waals surface area contributed by atoms with E-state index in [0.717, 1.165) is 61.2 Å². The van der Waals surface area contributed by atoms with Crippen molar-refractivity contribution in [3.8, 4) is 11.5 Å². The van der Waals surface area contributed by atoms with E-state index in [-0.39, 0.29) is 6.03 Å². The number of hydrogen-bond acceptors (Lipinski definition) is 7. The number of urea groups is 1. The van der Waals surface area contributed by atoms with Gasteiger partial charge in [-0.05, 0) is 24.3 Å². The summed E-state index contributed by atoms with van der Waals surface area (Å²) in [5.74, 6) is 2.59. The van der Waals surface area contributed by atoms with Gasteiger partial charge in [0.15, 0.2) is 0 Å². The average molecular weight is 456 g/mol. The van der Waals surface area contributed by atoms with Crippen LogP contribution in [0.1, 0.15) is 11.1 Å². The van der Waals surface area contributed by atoms with Crippen LogP contribution in [-0.4, -0.2) is 87.5 Å². The minimum Gasteiger partial charge on any atom is -0.497 e. The molecule has 0 radical (unpaired) electrons. The lowest BCUT2D eigenvalue weighted by Crippen LogP contribution is -2.51. The van der Waals surface area contributed by atoms with Crippen LogP contribution in [0.25, 0.3) is 0 Å². The number of ether oxygens (including phenoxy) is 3. The number of pyridine rings is 1. The standard InChI is InChI=1S/C24H33N5O4/c1-31-21-5-6-22(32-2)20(16-21)18-27-8-10-29(11-9-27)24(30)26-17-19-4-3-7-25-23(19)28-12-14-33-15-13-28/h3-7,16H,8-15,17-18H2,1-2H3,(H,26,30). The fourth-order valence-corrected chi connectivity index (χ4v) is 4.27. The van der Waals surface area contributed by atoms with E-state index in [1.165, 1.54) is 0 Å². The second kappa shape index (κ2) is 11.2. The number of carbonyl (C=O) groups excluding carboxylic acids is 1. The van der Waals surface area contributed by atoms with Gasteiger partial charge in [-0.15, -0.1) is 0 Å². The Bertz CT molecular complexity index is 927. The highest BCUT2D eigenvalue weighted by molar-refractivity contribution is 5.74. The maximum Gasteiger partial charge on any atom is 0.317 e. The molecule has 3 heterocycles. The molecule has 2 fully saturated rings. The van der Waals surface area contributed by atoms with E-state index in [1.54, 1.807) is 20.4 Å². The molecule has 33 heavy (non-hydrogen) atoms. The Morgan fingerprint density at radius 2 is 1.82 bits per heavy atom. The molecule has 0 bridgehead atoms. The lowest BCUT2D eigenvalue weighted by molar-refractivity contribution is 0.122. The van der Waals surface area contributed by atoms with Crippen molar-refractivity contribution >= 4 is 11.8 Å². The molecule has 2 saturated heterocycles. The van der Waals surface area contributed by atoms with Gasteiger partial charge in [0.25, 0.3) is 0 Å². The molecule has 0 spiro atoms. The molecule has 9 heteroatoms. The molecule has 4 rings (SSSR count). The number of piperazine rings is 1. The summed E-state index contributed by atoms with van der Waals surface area (Å²) in [5.41, 5.74) is 2.11. The topological polar surface area (TPSA) is 79.4 Å². The number of rotatable bonds is 7. The van der Waals surface area contributed by atoms with E-state index >= 15 is 0 Å². The SMILES string of the molecule is COc1ccc(OC)c(CN2CCN(C(=O)NCc3cccnc3N3CCOCC3)CC2)c1. The summed E-state index contributed by atoms with van der Waals surface area (Å²) in [5, 5.41) is 3.08. The average Bonchev–Trinajstić information content (AvgIpc) is 2.88. The number of amides is 2. The lowest BCUT2D eigenvalue weighted by Gasteiger charge is -2.35. The first-order chi connectivity index (χ1) is 16.2. The van der Waals surface area contributed by atoms with Gasteiger partial charge in [-0.25, -0.2) is 9.78 Å². The van der Waals surface area contributed by atoms with Crippen molar-refractivity contribution in [2.45, 2.75) is 13.1 Å². The molecule has 0 unspecified atom stereocenters. The minimum atomic E-state index is -0.0367. The fourth-order valence-electron chi connectivity index (χ4n) is 4.27. The zero-order valence-corrected chi connectivity index (χ0v) is 19.5. The normalized spacial score (nSPS) is 17.0. The van der Waals surface area contributed by atoms with E-state index in [9.17, 15) is 4.79 Å². The van der Waals surface area contributed by atoms with Crippen LogP contribution in [0.3, 0.4) is 0 Å². The van der Waals surface area contributed by atoms with Gasteiger partial charge in [-0.3, -0.25) is 4.90 Å². The number of carbonyl (C=O) groups is 1. The first-order valence-corrected chi connectivity index (χ1v) is 11.4. The Morgan fingerprint density at radius 3 is 2.55 bits per heavy atom. The van der Waals surface area contributed by atoms with Gasteiger partial charge in [0, 0.05) is 69.7 Å². The van der Waals surface area contributed by atoms with E-state index in [2.05, 4.69) is 20.1 Å². The van der Waals surface area contributed by atoms with Crippen LogP contribution in [0.5, 0.6) is 11.5 Å². The van der Waals surface area contributed by atoms with Gasteiger partial charge in [0.05, 0.1) is 27.4 Å². The van der Waals surface area contributed by atoms with Gasteiger partial charge in [-0.2, -0.15) is 0 Å². The van der Waals surface area contributed by atoms with Crippen molar-refractivity contribution in [3.63, 3.8) is 0 Å². The summed E-state index contributed by atoms with van der Waals surface area (Å²) >= 11 is 0. The first-order valence-electron chi connectivity index (χ1n) is 11.4. The molecule has 1 N–H and O–H groups in total. The number of nitrogens with one attached hydrogen (secondary N) is 1. The molecular weight excluding hydrogens is 422 g/mol. The van der Waals surface area contributed by atoms with Crippen molar-refractivity contribution in [3.05, 3.63) is 47.7 Å². The third-order valence-electron chi connectivity index (χ3n) is 6.15. The summed E-state index contributed by atoms with van der Waals surface area (Å²) in [4.78, 5) is 23.8. The molecule has 9 nitrogen and oxygen atoms in total. The minimum absolute atomic E-state index is 0.0367.